The number of hydrogen-bond acceptors (Lipinski definition) is 7. The number of thioether (sulfide) groups is 1. The molecule has 33 heavy (non-hydrogen) atoms. The van der Waals surface area contributed by atoms with Crippen molar-refractivity contribution in [1.82, 2.24) is 15.3 Å². The molecular weight excluding hydrogens is 444 g/mol. The van der Waals surface area contributed by atoms with Crippen LogP contribution < -0.4 is 15.5 Å². The van der Waals surface area contributed by atoms with Crippen molar-refractivity contribution in [3.8, 4) is 0 Å². The van der Waals surface area contributed by atoms with Crippen molar-refractivity contribution in [3.63, 3.8) is 0 Å². The largest absolute Gasteiger partial charge is 0.378 e. The molecular formula is C24H29F2N5OS. The molecule has 2 aromatic carbocycles. The SMILES string of the molecule is CSCCNCc1cc(C(C)Nc2cc(F)cc(F)c2)c2nc(N3CCOCC3)cnc2c1. The lowest BCUT2D eigenvalue weighted by molar-refractivity contribution is 0.122. The molecule has 0 amide bonds. The van der Waals surface area contributed by atoms with Crippen LogP contribution in [0.15, 0.2) is 36.5 Å². The minimum absolute atomic E-state index is 0.242. The zero-order chi connectivity index (χ0) is 23.2. The van der Waals surface area contributed by atoms with Crippen LogP contribution in [0.2, 0.25) is 0 Å². The summed E-state index contributed by atoms with van der Waals surface area (Å²) < 4.78 is 32.9. The van der Waals surface area contributed by atoms with Gasteiger partial charge in [-0.2, -0.15) is 11.8 Å². The Bertz CT molecular complexity index is 1070. The number of anilines is 2. The summed E-state index contributed by atoms with van der Waals surface area (Å²) in [6, 6.07) is 7.36. The average molecular weight is 474 g/mol. The molecule has 1 atom stereocenters. The van der Waals surface area contributed by atoms with Crippen LogP contribution in [0.25, 0.3) is 11.0 Å². The standard InChI is InChI=1S/C24H29F2N5OS/c1-16(29-20-12-18(25)11-19(26)13-20)21-9-17(14-27-3-8-33-2)10-22-24(21)30-23(15-28-22)31-4-6-32-7-5-31/h9-13,15-16,27,29H,3-8,14H2,1-2H3. The first-order valence-electron chi connectivity index (χ1n) is 11.1. The Balaban J connectivity index is 1.68. The molecule has 176 valence electrons. The molecule has 2 heterocycles. The van der Waals surface area contributed by atoms with Gasteiger partial charge in [-0.05, 0) is 36.9 Å². The van der Waals surface area contributed by atoms with E-state index in [9.17, 15) is 8.78 Å². The van der Waals surface area contributed by atoms with E-state index >= 15 is 0 Å². The summed E-state index contributed by atoms with van der Waals surface area (Å²) in [5, 5.41) is 6.68. The van der Waals surface area contributed by atoms with Crippen LogP contribution in [0, 0.1) is 11.6 Å². The van der Waals surface area contributed by atoms with E-state index in [2.05, 4.69) is 33.9 Å². The Morgan fingerprint density at radius 2 is 1.88 bits per heavy atom. The summed E-state index contributed by atoms with van der Waals surface area (Å²) in [5.41, 5.74) is 3.98. The minimum atomic E-state index is -0.615. The molecule has 0 aliphatic carbocycles. The number of hydrogen-bond donors (Lipinski definition) is 2. The summed E-state index contributed by atoms with van der Waals surface area (Å²) >= 11 is 1.80. The molecule has 4 rings (SSSR count). The zero-order valence-corrected chi connectivity index (χ0v) is 19.7. The van der Waals surface area contributed by atoms with Gasteiger partial charge in [-0.3, -0.25) is 4.98 Å². The molecule has 1 unspecified atom stereocenters. The molecule has 0 saturated carbocycles. The summed E-state index contributed by atoms with van der Waals surface area (Å²) in [4.78, 5) is 11.8. The fraction of sp³-hybridized carbons (Fsp3) is 0.417. The van der Waals surface area contributed by atoms with Crippen LogP contribution >= 0.6 is 11.8 Å². The first kappa shape index (κ1) is 23.7. The Morgan fingerprint density at radius 1 is 1.12 bits per heavy atom. The Hall–Kier alpha value is -2.49. The number of rotatable bonds is 9. The first-order valence-corrected chi connectivity index (χ1v) is 12.5. The summed E-state index contributed by atoms with van der Waals surface area (Å²) in [7, 11) is 0. The molecule has 0 bridgehead atoms. The normalized spacial score (nSPS) is 15.1. The van der Waals surface area contributed by atoms with Crippen LogP contribution in [-0.4, -0.2) is 54.8 Å². The van der Waals surface area contributed by atoms with Gasteiger partial charge in [0.2, 0.25) is 0 Å². The smallest absolute Gasteiger partial charge is 0.148 e. The van der Waals surface area contributed by atoms with Gasteiger partial charge in [-0.25, -0.2) is 13.8 Å². The van der Waals surface area contributed by atoms with Crippen molar-refractivity contribution in [2.24, 2.45) is 0 Å². The van der Waals surface area contributed by atoms with E-state index in [1.807, 2.05) is 13.1 Å². The van der Waals surface area contributed by atoms with Gasteiger partial charge in [0.05, 0.1) is 36.5 Å². The van der Waals surface area contributed by atoms with Gasteiger partial charge in [-0.15, -0.1) is 0 Å². The lowest BCUT2D eigenvalue weighted by atomic mass is 10.0. The van der Waals surface area contributed by atoms with E-state index in [1.54, 1.807) is 11.8 Å². The average Bonchev–Trinajstić information content (AvgIpc) is 2.81. The Labute approximate surface area is 197 Å². The van der Waals surface area contributed by atoms with E-state index in [0.29, 0.717) is 25.4 Å². The maximum absolute atomic E-state index is 13.7. The highest BCUT2D eigenvalue weighted by Gasteiger charge is 2.18. The first-order chi connectivity index (χ1) is 16.0. The van der Waals surface area contributed by atoms with E-state index in [4.69, 9.17) is 14.7 Å². The fourth-order valence-corrected chi connectivity index (χ4v) is 4.29. The second kappa shape index (κ2) is 11.1. The number of halogens is 2. The van der Waals surface area contributed by atoms with Crippen LogP contribution in [0.3, 0.4) is 0 Å². The quantitative estimate of drug-likeness (QED) is 0.448. The summed E-state index contributed by atoms with van der Waals surface area (Å²) in [5.74, 6) is 0.611. The van der Waals surface area contributed by atoms with Gasteiger partial charge in [0.15, 0.2) is 0 Å². The summed E-state index contributed by atoms with van der Waals surface area (Å²) in [6.45, 7) is 6.44. The Kier molecular flexibility index (Phi) is 7.95. The molecule has 0 radical (unpaired) electrons. The number of aromatic nitrogens is 2. The van der Waals surface area contributed by atoms with Crippen molar-refractivity contribution in [2.45, 2.75) is 19.5 Å². The fourth-order valence-electron chi connectivity index (χ4n) is 3.94. The van der Waals surface area contributed by atoms with Gasteiger partial charge >= 0.3 is 0 Å². The highest BCUT2D eigenvalue weighted by Crippen LogP contribution is 2.29. The number of benzene rings is 2. The van der Waals surface area contributed by atoms with Gasteiger partial charge in [-0.1, -0.05) is 6.07 Å². The van der Waals surface area contributed by atoms with Crippen molar-refractivity contribution >= 4 is 34.3 Å². The molecule has 1 aliphatic heterocycles. The topological polar surface area (TPSA) is 62.3 Å². The molecule has 0 spiro atoms. The number of ether oxygens (including phenoxy) is 1. The van der Waals surface area contributed by atoms with Gasteiger partial charge in [0.1, 0.15) is 17.5 Å². The predicted octanol–water partition coefficient (Wildman–Crippen LogP) is 4.37. The molecule has 9 heteroatoms. The number of nitrogens with zero attached hydrogens (tertiary/aromatic N) is 3. The molecule has 6 nitrogen and oxygen atoms in total. The van der Waals surface area contributed by atoms with E-state index in [-0.39, 0.29) is 6.04 Å². The van der Waals surface area contributed by atoms with Crippen molar-refractivity contribution in [2.75, 3.05) is 55.1 Å². The highest BCUT2D eigenvalue weighted by atomic mass is 32.2. The van der Waals surface area contributed by atoms with Crippen LogP contribution in [0.4, 0.5) is 20.3 Å². The van der Waals surface area contributed by atoms with Gasteiger partial charge in [0, 0.05) is 49.2 Å². The predicted molar refractivity (Wildman–Crippen MR) is 131 cm³/mol. The molecule has 1 saturated heterocycles. The molecule has 1 fully saturated rings. The van der Waals surface area contributed by atoms with E-state index in [0.717, 1.165) is 59.4 Å². The van der Waals surface area contributed by atoms with Gasteiger partial charge in [0.25, 0.3) is 0 Å². The Morgan fingerprint density at radius 3 is 2.61 bits per heavy atom. The second-order valence-corrected chi connectivity index (χ2v) is 9.06. The van der Waals surface area contributed by atoms with Crippen LogP contribution in [0.1, 0.15) is 24.1 Å². The van der Waals surface area contributed by atoms with Crippen LogP contribution in [0.5, 0.6) is 0 Å². The number of nitrogens with one attached hydrogen (secondary N) is 2. The van der Waals surface area contributed by atoms with E-state index in [1.165, 1.54) is 12.1 Å². The van der Waals surface area contributed by atoms with Crippen molar-refractivity contribution in [1.29, 1.82) is 0 Å². The van der Waals surface area contributed by atoms with Gasteiger partial charge < -0.3 is 20.3 Å². The molecule has 2 N–H and O–H groups in total. The lowest BCUT2D eigenvalue weighted by Crippen LogP contribution is -2.36. The molecule has 1 aliphatic rings. The second-order valence-electron chi connectivity index (χ2n) is 8.07. The monoisotopic (exact) mass is 473 g/mol. The highest BCUT2D eigenvalue weighted by molar-refractivity contribution is 7.98. The van der Waals surface area contributed by atoms with Crippen LogP contribution in [-0.2, 0) is 11.3 Å². The van der Waals surface area contributed by atoms with E-state index < -0.39 is 11.6 Å². The lowest BCUT2D eigenvalue weighted by Gasteiger charge is -2.28. The third-order valence-corrected chi connectivity index (χ3v) is 6.20. The third-order valence-electron chi connectivity index (χ3n) is 5.58. The maximum atomic E-state index is 13.7. The summed E-state index contributed by atoms with van der Waals surface area (Å²) in [6.07, 6.45) is 3.89. The number of fused-ring (bicyclic) bond motifs is 1. The molecule has 1 aromatic heterocycles. The van der Waals surface area contributed by atoms with Crippen molar-refractivity contribution in [3.05, 3.63) is 59.3 Å². The molecule has 3 aromatic rings. The minimum Gasteiger partial charge on any atom is -0.378 e. The third kappa shape index (κ3) is 6.10. The number of morpholine rings is 1. The zero-order valence-electron chi connectivity index (χ0n) is 18.9. The maximum Gasteiger partial charge on any atom is 0.148 e. The van der Waals surface area contributed by atoms with Crippen molar-refractivity contribution < 1.29 is 13.5 Å².